The Balaban J connectivity index is 1.54. The fourth-order valence-electron chi connectivity index (χ4n) is 2.42. The Labute approximate surface area is 144 Å². The van der Waals surface area contributed by atoms with Crippen LogP contribution in [0.5, 0.6) is 0 Å². The molecule has 1 aromatic carbocycles. The van der Waals surface area contributed by atoms with E-state index in [-0.39, 0.29) is 5.91 Å². The van der Waals surface area contributed by atoms with Crippen LogP contribution in [0.15, 0.2) is 48.8 Å². The van der Waals surface area contributed by atoms with Gasteiger partial charge in [0.2, 0.25) is 0 Å². The number of hydrogen-bond donors (Lipinski definition) is 1. The molecule has 6 heteroatoms. The third-order valence-corrected chi connectivity index (χ3v) is 4.11. The first-order valence-electron chi connectivity index (χ1n) is 7.28. The van der Waals surface area contributed by atoms with Gasteiger partial charge in [-0.05, 0) is 42.8 Å². The van der Waals surface area contributed by atoms with Crippen LogP contribution in [0, 0.1) is 0 Å². The SMILES string of the molecule is O=C(NCCCn1ccc2cccnc21)c1ccc(Cl)cc1Cl. The number of carbonyl (C=O) groups excluding carboxylic acids is 1. The molecule has 0 aliphatic rings. The Bertz CT molecular complexity index is 845. The van der Waals surface area contributed by atoms with Crippen molar-refractivity contribution in [3.05, 3.63) is 64.4 Å². The van der Waals surface area contributed by atoms with Gasteiger partial charge in [-0.3, -0.25) is 4.79 Å². The maximum atomic E-state index is 12.1. The molecule has 0 aliphatic carbocycles. The van der Waals surface area contributed by atoms with Crippen LogP contribution in [-0.4, -0.2) is 22.0 Å². The molecule has 0 spiro atoms. The van der Waals surface area contributed by atoms with Crippen molar-refractivity contribution in [1.82, 2.24) is 14.9 Å². The highest BCUT2D eigenvalue weighted by Gasteiger charge is 2.10. The second-order valence-corrected chi connectivity index (χ2v) is 6.00. The topological polar surface area (TPSA) is 46.9 Å². The van der Waals surface area contributed by atoms with E-state index >= 15 is 0 Å². The molecule has 23 heavy (non-hydrogen) atoms. The smallest absolute Gasteiger partial charge is 0.252 e. The van der Waals surface area contributed by atoms with Crippen LogP contribution >= 0.6 is 23.2 Å². The van der Waals surface area contributed by atoms with Gasteiger partial charge in [-0.15, -0.1) is 0 Å². The monoisotopic (exact) mass is 347 g/mol. The quantitative estimate of drug-likeness (QED) is 0.704. The third kappa shape index (κ3) is 3.66. The van der Waals surface area contributed by atoms with Gasteiger partial charge < -0.3 is 9.88 Å². The normalized spacial score (nSPS) is 10.9. The number of aromatic nitrogens is 2. The van der Waals surface area contributed by atoms with Gasteiger partial charge in [-0.2, -0.15) is 0 Å². The number of hydrogen-bond acceptors (Lipinski definition) is 2. The molecule has 3 rings (SSSR count). The van der Waals surface area contributed by atoms with E-state index in [4.69, 9.17) is 23.2 Å². The molecule has 0 fully saturated rings. The van der Waals surface area contributed by atoms with Crippen molar-refractivity contribution in [2.24, 2.45) is 0 Å². The van der Waals surface area contributed by atoms with E-state index in [2.05, 4.69) is 14.9 Å². The molecular weight excluding hydrogens is 333 g/mol. The first kappa shape index (κ1) is 15.8. The molecule has 1 N–H and O–H groups in total. The molecule has 2 aromatic heterocycles. The van der Waals surface area contributed by atoms with Crippen molar-refractivity contribution in [3.8, 4) is 0 Å². The molecule has 0 unspecified atom stereocenters. The number of halogens is 2. The second kappa shape index (κ2) is 7.02. The molecule has 118 valence electrons. The summed E-state index contributed by atoms with van der Waals surface area (Å²) in [6.45, 7) is 1.35. The van der Waals surface area contributed by atoms with Gasteiger partial charge in [0.05, 0.1) is 10.6 Å². The van der Waals surface area contributed by atoms with Crippen LogP contribution in [0.3, 0.4) is 0 Å². The molecule has 0 radical (unpaired) electrons. The van der Waals surface area contributed by atoms with Crippen LogP contribution in [0.1, 0.15) is 16.8 Å². The molecular formula is C17H15Cl2N3O. The summed E-state index contributed by atoms with van der Waals surface area (Å²) >= 11 is 11.9. The second-order valence-electron chi connectivity index (χ2n) is 5.16. The molecule has 0 aliphatic heterocycles. The number of rotatable bonds is 5. The van der Waals surface area contributed by atoms with Gasteiger partial charge in [0.1, 0.15) is 5.65 Å². The van der Waals surface area contributed by atoms with Crippen molar-refractivity contribution in [1.29, 1.82) is 0 Å². The van der Waals surface area contributed by atoms with Crippen LogP contribution in [0.2, 0.25) is 10.0 Å². The van der Waals surface area contributed by atoms with Crippen molar-refractivity contribution < 1.29 is 4.79 Å². The summed E-state index contributed by atoms with van der Waals surface area (Å²) in [5.41, 5.74) is 1.39. The zero-order valence-corrected chi connectivity index (χ0v) is 13.8. The van der Waals surface area contributed by atoms with Gasteiger partial charge in [0.25, 0.3) is 5.91 Å². The fourth-order valence-corrected chi connectivity index (χ4v) is 2.92. The number of benzene rings is 1. The van der Waals surface area contributed by atoms with Crippen LogP contribution in [-0.2, 0) is 6.54 Å². The predicted molar refractivity (Wildman–Crippen MR) is 93.1 cm³/mol. The van der Waals surface area contributed by atoms with Gasteiger partial charge in [0, 0.05) is 35.9 Å². The minimum absolute atomic E-state index is 0.192. The Morgan fingerprint density at radius 2 is 2.09 bits per heavy atom. The van der Waals surface area contributed by atoms with E-state index in [1.807, 2.05) is 24.4 Å². The molecule has 2 heterocycles. The zero-order chi connectivity index (χ0) is 16.2. The van der Waals surface area contributed by atoms with Crippen molar-refractivity contribution in [3.63, 3.8) is 0 Å². The number of nitrogens with zero attached hydrogens (tertiary/aromatic N) is 2. The lowest BCUT2D eigenvalue weighted by molar-refractivity contribution is 0.0953. The number of carbonyl (C=O) groups is 1. The van der Waals surface area contributed by atoms with Crippen LogP contribution in [0.4, 0.5) is 0 Å². The third-order valence-electron chi connectivity index (χ3n) is 3.56. The summed E-state index contributed by atoms with van der Waals surface area (Å²) in [5, 5.41) is 4.85. The molecule has 4 nitrogen and oxygen atoms in total. The van der Waals surface area contributed by atoms with E-state index in [9.17, 15) is 4.79 Å². The maximum absolute atomic E-state index is 12.1. The van der Waals surface area contributed by atoms with Crippen LogP contribution < -0.4 is 5.32 Å². The van der Waals surface area contributed by atoms with Gasteiger partial charge in [0.15, 0.2) is 0 Å². The number of fused-ring (bicyclic) bond motifs is 1. The lowest BCUT2D eigenvalue weighted by atomic mass is 10.2. The largest absolute Gasteiger partial charge is 0.352 e. The Hall–Kier alpha value is -2.04. The number of amides is 1. The molecule has 1 amide bonds. The number of nitrogens with one attached hydrogen (secondary N) is 1. The van der Waals surface area contributed by atoms with Crippen LogP contribution in [0.25, 0.3) is 11.0 Å². The standard InChI is InChI=1S/C17H15Cl2N3O/c18-13-4-5-14(15(19)11-13)17(23)21-8-2-9-22-10-6-12-3-1-7-20-16(12)22/h1,3-7,10-11H,2,8-9H2,(H,21,23). The predicted octanol–water partition coefficient (Wildman–Crippen LogP) is 4.16. The number of pyridine rings is 1. The zero-order valence-electron chi connectivity index (χ0n) is 12.3. The summed E-state index contributed by atoms with van der Waals surface area (Å²) in [7, 11) is 0. The van der Waals surface area contributed by atoms with Gasteiger partial charge in [-0.25, -0.2) is 4.98 Å². The highest BCUT2D eigenvalue weighted by Crippen LogP contribution is 2.20. The van der Waals surface area contributed by atoms with Gasteiger partial charge >= 0.3 is 0 Å². The van der Waals surface area contributed by atoms with Crippen molar-refractivity contribution in [2.45, 2.75) is 13.0 Å². The maximum Gasteiger partial charge on any atom is 0.252 e. The summed E-state index contributed by atoms with van der Waals surface area (Å²) < 4.78 is 2.08. The highest BCUT2D eigenvalue weighted by molar-refractivity contribution is 6.36. The molecule has 0 atom stereocenters. The average Bonchev–Trinajstić information content (AvgIpc) is 2.94. The summed E-state index contributed by atoms with van der Waals surface area (Å²) in [6.07, 6.45) is 4.59. The van der Waals surface area contributed by atoms with E-state index < -0.39 is 0 Å². The minimum atomic E-state index is -0.192. The van der Waals surface area contributed by atoms with Gasteiger partial charge in [-0.1, -0.05) is 23.2 Å². The van der Waals surface area contributed by atoms with E-state index in [1.165, 1.54) is 0 Å². The summed E-state index contributed by atoms with van der Waals surface area (Å²) in [4.78, 5) is 16.5. The van der Waals surface area contributed by atoms with Crippen molar-refractivity contribution in [2.75, 3.05) is 6.54 Å². The average molecular weight is 348 g/mol. The Kier molecular flexibility index (Phi) is 4.84. The molecule has 0 bridgehead atoms. The van der Waals surface area contributed by atoms with E-state index in [1.54, 1.807) is 24.4 Å². The first-order valence-corrected chi connectivity index (χ1v) is 8.04. The number of aryl methyl sites for hydroxylation is 1. The fraction of sp³-hybridized carbons (Fsp3) is 0.176. The Morgan fingerprint density at radius 3 is 2.91 bits per heavy atom. The lowest BCUT2D eigenvalue weighted by Gasteiger charge is -2.08. The van der Waals surface area contributed by atoms with E-state index in [0.29, 0.717) is 22.2 Å². The molecule has 0 saturated heterocycles. The molecule has 3 aromatic rings. The lowest BCUT2D eigenvalue weighted by Crippen LogP contribution is -2.25. The first-order chi connectivity index (χ1) is 11.1. The summed E-state index contributed by atoms with van der Waals surface area (Å²) in [6, 6.07) is 10.8. The molecule has 0 saturated carbocycles. The van der Waals surface area contributed by atoms with Crippen molar-refractivity contribution >= 4 is 40.1 Å². The highest BCUT2D eigenvalue weighted by atomic mass is 35.5. The Morgan fingerprint density at radius 1 is 1.22 bits per heavy atom. The van der Waals surface area contributed by atoms with E-state index in [0.717, 1.165) is 24.0 Å². The summed E-state index contributed by atoms with van der Waals surface area (Å²) in [5.74, 6) is -0.192. The minimum Gasteiger partial charge on any atom is -0.352 e.